The zero-order chi connectivity index (χ0) is 10.9. The van der Waals surface area contributed by atoms with Gasteiger partial charge >= 0.3 is 0 Å². The summed E-state index contributed by atoms with van der Waals surface area (Å²) in [5.74, 6) is 0. The van der Waals surface area contributed by atoms with Gasteiger partial charge in [-0.05, 0) is 46.1 Å². The van der Waals surface area contributed by atoms with E-state index < -0.39 is 6.08 Å². The molecule has 0 N–H and O–H groups in total. The second-order valence-corrected chi connectivity index (χ2v) is 5.03. The highest BCUT2D eigenvalue weighted by atomic mass is 19.3. The van der Waals surface area contributed by atoms with Gasteiger partial charge in [0.2, 0.25) is 0 Å². The maximum absolute atomic E-state index is 12.4. The number of rotatable bonds is 0. The van der Waals surface area contributed by atoms with Gasteiger partial charge in [-0.2, -0.15) is 8.78 Å². The summed E-state index contributed by atoms with van der Waals surface area (Å²) in [6, 6.07) is 0.222. The van der Waals surface area contributed by atoms with Crippen molar-refractivity contribution >= 4 is 0 Å². The fourth-order valence-corrected chi connectivity index (χ4v) is 2.21. The standard InChI is InChI=1S/C11H19F2N/c1-8-7-9(10(12)13)5-6-14(8)11(2,3)4/h8H,5-7H2,1-4H3/t8-/m0/s1. The van der Waals surface area contributed by atoms with E-state index in [2.05, 4.69) is 25.7 Å². The summed E-state index contributed by atoms with van der Waals surface area (Å²) < 4.78 is 24.8. The lowest BCUT2D eigenvalue weighted by molar-refractivity contribution is 0.0744. The number of hydrogen-bond acceptors (Lipinski definition) is 1. The first kappa shape index (κ1) is 11.6. The Hall–Kier alpha value is -0.440. The monoisotopic (exact) mass is 203 g/mol. The Morgan fingerprint density at radius 2 is 1.93 bits per heavy atom. The van der Waals surface area contributed by atoms with Gasteiger partial charge in [0.05, 0.1) is 0 Å². The molecule has 1 atom stereocenters. The third-order valence-electron chi connectivity index (χ3n) is 2.86. The quantitative estimate of drug-likeness (QED) is 0.583. The minimum Gasteiger partial charge on any atom is -0.295 e. The second-order valence-electron chi connectivity index (χ2n) is 5.03. The van der Waals surface area contributed by atoms with Crippen molar-refractivity contribution in [2.24, 2.45) is 0 Å². The van der Waals surface area contributed by atoms with Gasteiger partial charge in [-0.1, -0.05) is 0 Å². The highest BCUT2D eigenvalue weighted by Gasteiger charge is 2.31. The van der Waals surface area contributed by atoms with Crippen molar-refractivity contribution in [3.8, 4) is 0 Å². The molecule has 1 aliphatic heterocycles. The van der Waals surface area contributed by atoms with Crippen LogP contribution in [-0.4, -0.2) is 23.0 Å². The van der Waals surface area contributed by atoms with E-state index in [-0.39, 0.29) is 11.6 Å². The molecule has 0 radical (unpaired) electrons. The number of hydrogen-bond donors (Lipinski definition) is 0. The van der Waals surface area contributed by atoms with E-state index in [1.54, 1.807) is 0 Å². The predicted octanol–water partition coefficient (Wildman–Crippen LogP) is 3.42. The molecule has 0 bridgehead atoms. The molecule has 1 fully saturated rings. The lowest BCUT2D eigenvalue weighted by atomic mass is 9.93. The Morgan fingerprint density at radius 3 is 2.29 bits per heavy atom. The third kappa shape index (κ3) is 2.53. The first-order chi connectivity index (χ1) is 6.32. The molecule has 82 valence electrons. The highest BCUT2D eigenvalue weighted by Crippen LogP contribution is 2.30. The molecule has 0 unspecified atom stereocenters. The first-order valence-corrected chi connectivity index (χ1v) is 5.12. The number of halogens is 2. The molecule has 0 spiro atoms. The molecule has 1 heterocycles. The maximum Gasteiger partial charge on any atom is 0.269 e. The Bertz CT molecular complexity index is 236. The molecule has 0 amide bonds. The Balaban J connectivity index is 2.71. The minimum atomic E-state index is -1.47. The van der Waals surface area contributed by atoms with Crippen LogP contribution in [0.25, 0.3) is 0 Å². The summed E-state index contributed by atoms with van der Waals surface area (Å²) in [6.07, 6.45) is -0.436. The van der Waals surface area contributed by atoms with E-state index in [4.69, 9.17) is 0 Å². The van der Waals surface area contributed by atoms with Crippen LogP contribution in [-0.2, 0) is 0 Å². The number of likely N-dealkylation sites (tertiary alicyclic amines) is 1. The predicted molar refractivity (Wildman–Crippen MR) is 54.4 cm³/mol. The van der Waals surface area contributed by atoms with E-state index in [0.29, 0.717) is 18.4 Å². The van der Waals surface area contributed by atoms with Crippen molar-refractivity contribution < 1.29 is 8.78 Å². The molecule has 0 saturated carbocycles. The van der Waals surface area contributed by atoms with Crippen LogP contribution in [0.3, 0.4) is 0 Å². The van der Waals surface area contributed by atoms with Crippen molar-refractivity contribution in [3.05, 3.63) is 11.7 Å². The SMILES string of the molecule is C[C@H]1CC(=C(F)F)CCN1C(C)(C)C. The maximum atomic E-state index is 12.4. The molecule has 1 rings (SSSR count). The average Bonchev–Trinajstić information content (AvgIpc) is 2.01. The van der Waals surface area contributed by atoms with Gasteiger partial charge < -0.3 is 0 Å². The molecule has 14 heavy (non-hydrogen) atoms. The van der Waals surface area contributed by atoms with Crippen molar-refractivity contribution in [1.82, 2.24) is 4.90 Å². The van der Waals surface area contributed by atoms with Crippen LogP contribution in [0.2, 0.25) is 0 Å². The van der Waals surface area contributed by atoms with Crippen LogP contribution in [0.5, 0.6) is 0 Å². The molecular formula is C11H19F2N. The fourth-order valence-electron chi connectivity index (χ4n) is 2.21. The van der Waals surface area contributed by atoms with Gasteiger partial charge in [-0.25, -0.2) is 0 Å². The van der Waals surface area contributed by atoms with Gasteiger partial charge in [0.25, 0.3) is 6.08 Å². The van der Waals surface area contributed by atoms with Crippen LogP contribution in [0, 0.1) is 0 Å². The van der Waals surface area contributed by atoms with Crippen molar-refractivity contribution in [2.45, 2.75) is 52.1 Å². The fraction of sp³-hybridized carbons (Fsp3) is 0.818. The smallest absolute Gasteiger partial charge is 0.269 e. The highest BCUT2D eigenvalue weighted by molar-refractivity contribution is 5.09. The molecule has 0 aromatic carbocycles. The van der Waals surface area contributed by atoms with Crippen LogP contribution in [0.15, 0.2) is 11.7 Å². The van der Waals surface area contributed by atoms with Crippen molar-refractivity contribution in [3.63, 3.8) is 0 Å². The number of nitrogens with zero attached hydrogens (tertiary/aromatic N) is 1. The summed E-state index contributed by atoms with van der Waals surface area (Å²) in [5.41, 5.74) is 0.426. The molecule has 1 aliphatic rings. The van der Waals surface area contributed by atoms with Crippen molar-refractivity contribution in [2.75, 3.05) is 6.54 Å². The first-order valence-electron chi connectivity index (χ1n) is 5.12. The summed E-state index contributed by atoms with van der Waals surface area (Å²) >= 11 is 0. The van der Waals surface area contributed by atoms with E-state index in [9.17, 15) is 8.78 Å². The molecule has 3 heteroatoms. The van der Waals surface area contributed by atoms with E-state index in [1.807, 2.05) is 6.92 Å². The largest absolute Gasteiger partial charge is 0.295 e. The molecule has 1 saturated heterocycles. The normalized spacial score (nSPS) is 25.3. The van der Waals surface area contributed by atoms with E-state index >= 15 is 0 Å². The van der Waals surface area contributed by atoms with Crippen LogP contribution >= 0.6 is 0 Å². The van der Waals surface area contributed by atoms with E-state index in [0.717, 1.165) is 6.54 Å². The average molecular weight is 203 g/mol. The Kier molecular flexibility index (Phi) is 3.30. The minimum absolute atomic E-state index is 0.0811. The van der Waals surface area contributed by atoms with Gasteiger partial charge in [0.1, 0.15) is 0 Å². The molecule has 0 aromatic rings. The molecule has 0 aliphatic carbocycles. The third-order valence-corrected chi connectivity index (χ3v) is 2.86. The number of piperidine rings is 1. The van der Waals surface area contributed by atoms with Gasteiger partial charge in [-0.15, -0.1) is 0 Å². The van der Waals surface area contributed by atoms with E-state index in [1.165, 1.54) is 0 Å². The molecular weight excluding hydrogens is 184 g/mol. The zero-order valence-electron chi connectivity index (χ0n) is 9.40. The summed E-state index contributed by atoms with van der Waals surface area (Å²) in [5, 5.41) is 0. The Labute approximate surface area is 84.8 Å². The van der Waals surface area contributed by atoms with Crippen LogP contribution in [0.4, 0.5) is 8.78 Å². The lowest BCUT2D eigenvalue weighted by Gasteiger charge is -2.43. The van der Waals surface area contributed by atoms with Gasteiger partial charge in [0.15, 0.2) is 0 Å². The summed E-state index contributed by atoms with van der Waals surface area (Å²) in [4.78, 5) is 2.29. The van der Waals surface area contributed by atoms with Crippen molar-refractivity contribution in [1.29, 1.82) is 0 Å². The van der Waals surface area contributed by atoms with Gasteiger partial charge in [0, 0.05) is 18.1 Å². The molecule has 0 aromatic heterocycles. The lowest BCUT2D eigenvalue weighted by Crippen LogP contribution is -2.49. The Morgan fingerprint density at radius 1 is 1.36 bits per heavy atom. The molecule has 1 nitrogen and oxygen atoms in total. The van der Waals surface area contributed by atoms with Crippen LogP contribution < -0.4 is 0 Å². The zero-order valence-corrected chi connectivity index (χ0v) is 9.40. The van der Waals surface area contributed by atoms with Gasteiger partial charge in [-0.3, -0.25) is 4.90 Å². The summed E-state index contributed by atoms with van der Waals surface area (Å²) in [6.45, 7) is 9.16. The van der Waals surface area contributed by atoms with Crippen LogP contribution in [0.1, 0.15) is 40.5 Å². The second kappa shape index (κ2) is 3.97. The topological polar surface area (TPSA) is 3.24 Å². The summed E-state index contributed by atoms with van der Waals surface area (Å²) in [7, 11) is 0.